The van der Waals surface area contributed by atoms with Gasteiger partial charge in [-0.25, -0.2) is 4.98 Å². The highest BCUT2D eigenvalue weighted by molar-refractivity contribution is 5.64. The summed E-state index contributed by atoms with van der Waals surface area (Å²) >= 11 is 0. The third-order valence-electron chi connectivity index (χ3n) is 3.88. The minimum absolute atomic E-state index is 0.0835. The lowest BCUT2D eigenvalue weighted by Gasteiger charge is -2.13. The molecule has 0 spiro atoms. The van der Waals surface area contributed by atoms with E-state index >= 15 is 0 Å². The van der Waals surface area contributed by atoms with Crippen molar-refractivity contribution < 1.29 is 13.2 Å². The van der Waals surface area contributed by atoms with Crippen molar-refractivity contribution in [1.29, 1.82) is 0 Å². The number of halogens is 3. The van der Waals surface area contributed by atoms with Gasteiger partial charge in [-0.1, -0.05) is 39.0 Å². The molecule has 0 bridgehead atoms. The zero-order valence-corrected chi connectivity index (χ0v) is 14.1. The molecule has 3 aromatic rings. The number of hydrogen-bond donors (Lipinski definition) is 1. The number of aromatic amines is 1. The minimum atomic E-state index is -4.34. The van der Waals surface area contributed by atoms with E-state index in [9.17, 15) is 13.2 Å². The SMILES string of the molecule is CC(C)(C)c1cc(-c2cccc(-c3ccc(C(F)(F)F)cc3)n2)[nH]n1. The number of hydrogen-bond acceptors (Lipinski definition) is 2. The molecular formula is C19H18F3N3. The Balaban J connectivity index is 1.93. The molecule has 130 valence electrons. The summed E-state index contributed by atoms with van der Waals surface area (Å²) in [6.07, 6.45) is -4.34. The molecule has 0 unspecified atom stereocenters. The highest BCUT2D eigenvalue weighted by Gasteiger charge is 2.30. The molecule has 1 aromatic carbocycles. The Hall–Kier alpha value is -2.63. The second kappa shape index (κ2) is 6.02. The second-order valence-electron chi connectivity index (χ2n) is 6.90. The number of aromatic nitrogens is 3. The smallest absolute Gasteiger partial charge is 0.276 e. The maximum atomic E-state index is 12.7. The Morgan fingerprint density at radius 2 is 1.52 bits per heavy atom. The van der Waals surface area contributed by atoms with E-state index in [2.05, 4.69) is 36.0 Å². The molecule has 0 aliphatic heterocycles. The number of nitrogens with one attached hydrogen (secondary N) is 1. The Morgan fingerprint density at radius 1 is 0.880 bits per heavy atom. The Kier molecular flexibility index (Phi) is 4.14. The van der Waals surface area contributed by atoms with Crippen molar-refractivity contribution in [3.63, 3.8) is 0 Å². The summed E-state index contributed by atoms with van der Waals surface area (Å²) in [6.45, 7) is 6.21. The monoisotopic (exact) mass is 345 g/mol. The van der Waals surface area contributed by atoms with Crippen LogP contribution in [-0.4, -0.2) is 15.2 Å². The molecule has 6 heteroatoms. The molecule has 3 nitrogen and oxygen atoms in total. The van der Waals surface area contributed by atoms with Gasteiger partial charge in [0, 0.05) is 11.0 Å². The third kappa shape index (κ3) is 3.73. The van der Waals surface area contributed by atoms with Crippen molar-refractivity contribution in [3.05, 3.63) is 59.8 Å². The first-order chi connectivity index (χ1) is 11.6. The quantitative estimate of drug-likeness (QED) is 0.670. The van der Waals surface area contributed by atoms with E-state index in [1.807, 2.05) is 18.2 Å². The number of nitrogens with zero attached hydrogens (tertiary/aromatic N) is 2. The van der Waals surface area contributed by atoms with E-state index in [4.69, 9.17) is 0 Å². The molecule has 2 aromatic heterocycles. The van der Waals surface area contributed by atoms with Gasteiger partial charge in [-0.2, -0.15) is 18.3 Å². The van der Waals surface area contributed by atoms with Gasteiger partial charge in [0.25, 0.3) is 0 Å². The van der Waals surface area contributed by atoms with Crippen LogP contribution in [0.3, 0.4) is 0 Å². The molecule has 1 N–H and O–H groups in total. The van der Waals surface area contributed by atoms with Gasteiger partial charge in [-0.3, -0.25) is 5.10 Å². The van der Waals surface area contributed by atoms with Crippen molar-refractivity contribution in [2.24, 2.45) is 0 Å². The van der Waals surface area contributed by atoms with Crippen LogP contribution in [0.1, 0.15) is 32.0 Å². The minimum Gasteiger partial charge on any atom is -0.276 e. The normalized spacial score (nSPS) is 12.4. The van der Waals surface area contributed by atoms with Gasteiger partial charge in [-0.05, 0) is 30.3 Å². The predicted molar refractivity (Wildman–Crippen MR) is 91.0 cm³/mol. The zero-order valence-electron chi connectivity index (χ0n) is 14.1. The maximum absolute atomic E-state index is 12.7. The van der Waals surface area contributed by atoms with E-state index in [1.165, 1.54) is 12.1 Å². The molecule has 0 radical (unpaired) electrons. The summed E-state index contributed by atoms with van der Waals surface area (Å²) in [5.41, 5.74) is 2.88. The van der Waals surface area contributed by atoms with Crippen molar-refractivity contribution in [2.45, 2.75) is 32.4 Å². The van der Waals surface area contributed by atoms with Crippen LogP contribution in [0.2, 0.25) is 0 Å². The standard InChI is InChI=1S/C19H18F3N3/c1-18(2,3)17-11-16(24-25-17)15-6-4-5-14(23-15)12-7-9-13(10-8-12)19(20,21)22/h4-11H,1-3H3,(H,24,25). The largest absolute Gasteiger partial charge is 0.416 e. The molecule has 0 atom stereocenters. The van der Waals surface area contributed by atoms with Crippen LogP contribution in [-0.2, 0) is 11.6 Å². The molecule has 25 heavy (non-hydrogen) atoms. The highest BCUT2D eigenvalue weighted by atomic mass is 19.4. The van der Waals surface area contributed by atoms with Crippen LogP contribution in [0.5, 0.6) is 0 Å². The van der Waals surface area contributed by atoms with Gasteiger partial charge < -0.3 is 0 Å². The van der Waals surface area contributed by atoms with Gasteiger partial charge >= 0.3 is 6.18 Å². The van der Waals surface area contributed by atoms with Crippen molar-refractivity contribution in [3.8, 4) is 22.6 Å². The Labute approximate surface area is 143 Å². The average molecular weight is 345 g/mol. The molecule has 0 saturated carbocycles. The topological polar surface area (TPSA) is 41.6 Å². The summed E-state index contributed by atoms with van der Waals surface area (Å²) in [4.78, 5) is 4.55. The van der Waals surface area contributed by atoms with E-state index in [0.717, 1.165) is 23.5 Å². The zero-order chi connectivity index (χ0) is 18.2. The first-order valence-electron chi connectivity index (χ1n) is 7.85. The number of alkyl halides is 3. The summed E-state index contributed by atoms with van der Waals surface area (Å²) in [5.74, 6) is 0. The fraction of sp³-hybridized carbons (Fsp3) is 0.263. The molecule has 0 fully saturated rings. The fourth-order valence-corrected chi connectivity index (χ4v) is 2.41. The van der Waals surface area contributed by atoms with E-state index in [-0.39, 0.29) is 5.41 Å². The Morgan fingerprint density at radius 3 is 2.08 bits per heavy atom. The van der Waals surface area contributed by atoms with Gasteiger partial charge in [0.15, 0.2) is 0 Å². The average Bonchev–Trinajstić information content (AvgIpc) is 3.05. The third-order valence-corrected chi connectivity index (χ3v) is 3.88. The summed E-state index contributed by atoms with van der Waals surface area (Å²) in [7, 11) is 0. The van der Waals surface area contributed by atoms with Gasteiger partial charge in [0.2, 0.25) is 0 Å². The molecule has 0 aliphatic carbocycles. The molecular weight excluding hydrogens is 327 g/mol. The van der Waals surface area contributed by atoms with Gasteiger partial charge in [-0.15, -0.1) is 0 Å². The van der Waals surface area contributed by atoms with Crippen LogP contribution in [0.15, 0.2) is 48.5 Å². The van der Waals surface area contributed by atoms with Gasteiger partial charge in [0.05, 0.1) is 28.3 Å². The van der Waals surface area contributed by atoms with Crippen molar-refractivity contribution >= 4 is 0 Å². The second-order valence-corrected chi connectivity index (χ2v) is 6.90. The molecule has 3 rings (SSSR count). The lowest BCUT2D eigenvalue weighted by molar-refractivity contribution is -0.137. The van der Waals surface area contributed by atoms with E-state index in [1.54, 1.807) is 6.07 Å². The maximum Gasteiger partial charge on any atom is 0.416 e. The van der Waals surface area contributed by atoms with E-state index < -0.39 is 11.7 Å². The number of rotatable bonds is 2. The number of H-pyrrole nitrogens is 1. The van der Waals surface area contributed by atoms with Gasteiger partial charge in [0.1, 0.15) is 0 Å². The lowest BCUT2D eigenvalue weighted by Crippen LogP contribution is -2.11. The van der Waals surface area contributed by atoms with Crippen LogP contribution in [0.25, 0.3) is 22.6 Å². The van der Waals surface area contributed by atoms with Crippen LogP contribution in [0, 0.1) is 0 Å². The van der Waals surface area contributed by atoms with Crippen molar-refractivity contribution in [2.75, 3.05) is 0 Å². The first kappa shape index (κ1) is 17.2. The highest BCUT2D eigenvalue weighted by Crippen LogP contribution is 2.31. The van der Waals surface area contributed by atoms with E-state index in [0.29, 0.717) is 17.0 Å². The predicted octanol–water partition coefficient (Wildman–Crippen LogP) is 5.46. The first-order valence-corrected chi connectivity index (χ1v) is 7.85. The molecule has 0 amide bonds. The molecule has 0 saturated heterocycles. The van der Waals surface area contributed by atoms with Crippen molar-refractivity contribution in [1.82, 2.24) is 15.2 Å². The summed E-state index contributed by atoms with van der Waals surface area (Å²) in [6, 6.07) is 12.4. The fourth-order valence-electron chi connectivity index (χ4n) is 2.41. The van der Waals surface area contributed by atoms with Crippen LogP contribution in [0.4, 0.5) is 13.2 Å². The van der Waals surface area contributed by atoms with Crippen LogP contribution < -0.4 is 0 Å². The van der Waals surface area contributed by atoms with Crippen LogP contribution >= 0.6 is 0 Å². The molecule has 2 heterocycles. The summed E-state index contributed by atoms with van der Waals surface area (Å²) in [5, 5.41) is 7.29. The number of benzene rings is 1. The lowest BCUT2D eigenvalue weighted by atomic mass is 9.92. The Bertz CT molecular complexity index is 872. The number of pyridine rings is 1. The summed E-state index contributed by atoms with van der Waals surface area (Å²) < 4.78 is 38.0. The molecule has 0 aliphatic rings.